The molecule has 0 aromatic rings. The van der Waals surface area contributed by atoms with Gasteiger partial charge in [0.2, 0.25) is 0 Å². The van der Waals surface area contributed by atoms with Crippen LogP contribution in [0, 0.1) is 0 Å². The first-order valence-corrected chi connectivity index (χ1v) is 27.2. The van der Waals surface area contributed by atoms with Gasteiger partial charge >= 0.3 is 19.8 Å². The average molecular weight is 897 g/mol. The standard InChI is InChI=1S/C52H98NO8P/c1-6-8-10-12-14-16-18-20-22-24-26-28-30-32-34-36-38-40-42-44-51(54)58-48-50(49-60-62(56,57)59-47-46-53(3,4)5)61-52(55)45-43-41-39-37-35-33-31-29-27-25-23-21-19-17-15-13-11-9-7-2/h15,17,21,23-24,26,50H,6-14,16,18-20,22,25,27-49H2,1-5H3/p+1/b17-15-,23-21-,26-24-/t50-/m1/s1. The van der Waals surface area contributed by atoms with Gasteiger partial charge in [-0.2, -0.15) is 0 Å². The normalized spacial score (nSPS) is 13.7. The molecule has 9 nitrogen and oxygen atoms in total. The van der Waals surface area contributed by atoms with Crippen molar-refractivity contribution in [1.29, 1.82) is 0 Å². The first-order valence-electron chi connectivity index (χ1n) is 25.7. The Morgan fingerprint density at radius 2 is 0.871 bits per heavy atom. The fourth-order valence-electron chi connectivity index (χ4n) is 7.10. The number of carbonyl (C=O) groups is 2. The van der Waals surface area contributed by atoms with Crippen molar-refractivity contribution in [3.63, 3.8) is 0 Å². The maximum Gasteiger partial charge on any atom is 0.472 e. The van der Waals surface area contributed by atoms with Crippen molar-refractivity contribution in [2.45, 2.75) is 238 Å². The lowest BCUT2D eigenvalue weighted by molar-refractivity contribution is -0.870. The number of likely N-dealkylation sites (N-methyl/N-ethyl adjacent to an activating group) is 1. The number of ether oxygens (including phenoxy) is 2. The van der Waals surface area contributed by atoms with Gasteiger partial charge in [0.1, 0.15) is 19.8 Å². The van der Waals surface area contributed by atoms with E-state index in [9.17, 15) is 19.0 Å². The Labute approximate surface area is 382 Å². The number of nitrogens with zero attached hydrogens (tertiary/aromatic N) is 1. The molecule has 2 atom stereocenters. The van der Waals surface area contributed by atoms with Gasteiger partial charge in [-0.05, 0) is 70.6 Å². The lowest BCUT2D eigenvalue weighted by atomic mass is 10.1. The molecule has 0 radical (unpaired) electrons. The van der Waals surface area contributed by atoms with Crippen molar-refractivity contribution in [1.82, 2.24) is 0 Å². The largest absolute Gasteiger partial charge is 0.472 e. The lowest BCUT2D eigenvalue weighted by Gasteiger charge is -2.24. The minimum absolute atomic E-state index is 0.0304. The number of hydrogen-bond donors (Lipinski definition) is 1. The number of phosphoric ester groups is 1. The Kier molecular flexibility index (Phi) is 43.2. The van der Waals surface area contributed by atoms with Gasteiger partial charge in [-0.25, -0.2) is 4.57 Å². The van der Waals surface area contributed by atoms with Crippen LogP contribution in [0.4, 0.5) is 0 Å². The van der Waals surface area contributed by atoms with E-state index in [1.165, 1.54) is 148 Å². The summed E-state index contributed by atoms with van der Waals surface area (Å²) in [7, 11) is 1.48. The Hall–Kier alpha value is -1.77. The average Bonchev–Trinajstić information content (AvgIpc) is 3.23. The molecule has 0 aliphatic carbocycles. The van der Waals surface area contributed by atoms with Crippen LogP contribution in [0.3, 0.4) is 0 Å². The minimum Gasteiger partial charge on any atom is -0.462 e. The van der Waals surface area contributed by atoms with E-state index >= 15 is 0 Å². The zero-order valence-corrected chi connectivity index (χ0v) is 42.0. The molecular weight excluding hydrogens is 798 g/mol. The van der Waals surface area contributed by atoms with Crippen LogP contribution in [0.15, 0.2) is 36.5 Å². The van der Waals surface area contributed by atoms with Crippen LogP contribution < -0.4 is 0 Å². The second-order valence-corrected chi connectivity index (χ2v) is 20.0. The van der Waals surface area contributed by atoms with Crippen LogP contribution in [0.25, 0.3) is 0 Å². The number of quaternary nitrogens is 1. The third kappa shape index (κ3) is 47.7. The zero-order chi connectivity index (χ0) is 45.7. The summed E-state index contributed by atoms with van der Waals surface area (Å²) >= 11 is 0. The van der Waals surface area contributed by atoms with Crippen molar-refractivity contribution in [3.05, 3.63) is 36.5 Å². The molecule has 1 N–H and O–H groups in total. The van der Waals surface area contributed by atoms with E-state index in [0.717, 1.165) is 51.4 Å². The van der Waals surface area contributed by atoms with Crippen molar-refractivity contribution < 1.29 is 42.1 Å². The highest BCUT2D eigenvalue weighted by molar-refractivity contribution is 7.47. The molecular formula is C52H99NO8P+. The maximum absolute atomic E-state index is 12.8. The molecule has 10 heteroatoms. The number of carbonyl (C=O) groups excluding carboxylic acids is 2. The van der Waals surface area contributed by atoms with Crippen LogP contribution in [0.5, 0.6) is 0 Å². The van der Waals surface area contributed by atoms with Crippen LogP contribution >= 0.6 is 7.82 Å². The van der Waals surface area contributed by atoms with E-state index < -0.39 is 26.5 Å². The van der Waals surface area contributed by atoms with Crippen molar-refractivity contribution in [2.24, 2.45) is 0 Å². The highest BCUT2D eigenvalue weighted by Crippen LogP contribution is 2.43. The Balaban J connectivity index is 4.26. The molecule has 0 aromatic heterocycles. The second-order valence-electron chi connectivity index (χ2n) is 18.5. The van der Waals surface area contributed by atoms with Gasteiger partial charge in [0.15, 0.2) is 6.10 Å². The molecule has 364 valence electrons. The van der Waals surface area contributed by atoms with E-state index in [1.54, 1.807) is 0 Å². The second kappa shape index (κ2) is 44.4. The third-order valence-electron chi connectivity index (χ3n) is 11.1. The summed E-state index contributed by atoms with van der Waals surface area (Å²) in [6.07, 6.45) is 51.9. The predicted octanol–water partition coefficient (Wildman–Crippen LogP) is 15.3. The van der Waals surface area contributed by atoms with E-state index in [1.807, 2.05) is 21.1 Å². The summed E-state index contributed by atoms with van der Waals surface area (Å²) in [5.41, 5.74) is 0. The highest BCUT2D eigenvalue weighted by atomic mass is 31.2. The van der Waals surface area contributed by atoms with Gasteiger partial charge < -0.3 is 18.9 Å². The molecule has 0 aromatic carbocycles. The first kappa shape index (κ1) is 60.2. The quantitative estimate of drug-likeness (QED) is 0.0212. The SMILES string of the molecule is CCCCC/C=C\C/C=C\CCCCCCCCCCCC(=O)O[C@H](COC(=O)CCCCCCCCC/C=C\CCCCCCCCCC)COP(=O)(O)OCC[N+](C)(C)C. The highest BCUT2D eigenvalue weighted by Gasteiger charge is 2.27. The van der Waals surface area contributed by atoms with Crippen molar-refractivity contribution in [3.8, 4) is 0 Å². The van der Waals surface area contributed by atoms with Gasteiger partial charge in [-0.15, -0.1) is 0 Å². The Bertz CT molecular complexity index is 1150. The number of rotatable bonds is 47. The van der Waals surface area contributed by atoms with Crippen LogP contribution in [0.1, 0.15) is 232 Å². The van der Waals surface area contributed by atoms with Crippen molar-refractivity contribution >= 4 is 19.8 Å². The monoisotopic (exact) mass is 897 g/mol. The summed E-state index contributed by atoms with van der Waals surface area (Å²) in [6, 6.07) is 0. The molecule has 0 bridgehead atoms. The smallest absolute Gasteiger partial charge is 0.462 e. The van der Waals surface area contributed by atoms with Crippen LogP contribution in [-0.2, 0) is 32.7 Å². The topological polar surface area (TPSA) is 108 Å². The van der Waals surface area contributed by atoms with Gasteiger partial charge in [0, 0.05) is 12.8 Å². The predicted molar refractivity (Wildman–Crippen MR) is 261 cm³/mol. The molecule has 0 aliphatic rings. The molecule has 0 heterocycles. The van der Waals surface area contributed by atoms with Gasteiger partial charge in [0.25, 0.3) is 0 Å². The fraction of sp³-hybridized carbons (Fsp3) is 0.846. The van der Waals surface area contributed by atoms with Gasteiger partial charge in [0.05, 0.1) is 27.7 Å². The molecule has 62 heavy (non-hydrogen) atoms. The number of unbranched alkanes of at least 4 members (excludes halogenated alkanes) is 27. The summed E-state index contributed by atoms with van der Waals surface area (Å²) in [6.45, 7) is 4.42. The molecule has 0 spiro atoms. The zero-order valence-electron chi connectivity index (χ0n) is 41.1. The number of hydrogen-bond acceptors (Lipinski definition) is 7. The van der Waals surface area contributed by atoms with E-state index in [0.29, 0.717) is 17.4 Å². The van der Waals surface area contributed by atoms with E-state index in [2.05, 4.69) is 50.3 Å². The van der Waals surface area contributed by atoms with E-state index in [4.69, 9.17) is 18.5 Å². The van der Waals surface area contributed by atoms with Gasteiger partial charge in [-0.1, -0.05) is 185 Å². The molecule has 0 saturated carbocycles. The third-order valence-corrected chi connectivity index (χ3v) is 12.1. The Morgan fingerprint density at radius 3 is 1.32 bits per heavy atom. The molecule has 0 rings (SSSR count). The fourth-order valence-corrected chi connectivity index (χ4v) is 7.84. The summed E-state index contributed by atoms with van der Waals surface area (Å²) in [5.74, 6) is -0.801. The molecule has 0 fully saturated rings. The molecule has 0 amide bonds. The summed E-state index contributed by atoms with van der Waals surface area (Å²) in [5, 5.41) is 0. The first-order chi connectivity index (χ1) is 30.0. The lowest BCUT2D eigenvalue weighted by Crippen LogP contribution is -2.37. The van der Waals surface area contributed by atoms with Gasteiger partial charge in [-0.3, -0.25) is 18.6 Å². The molecule has 1 unspecified atom stereocenters. The summed E-state index contributed by atoms with van der Waals surface area (Å²) in [4.78, 5) is 35.5. The Morgan fingerprint density at radius 1 is 0.500 bits per heavy atom. The summed E-state index contributed by atoms with van der Waals surface area (Å²) < 4.78 is 34.5. The minimum atomic E-state index is -4.38. The maximum atomic E-state index is 12.8. The number of phosphoric acid groups is 1. The van der Waals surface area contributed by atoms with Crippen LogP contribution in [-0.4, -0.2) is 74.9 Å². The van der Waals surface area contributed by atoms with Crippen molar-refractivity contribution in [2.75, 3.05) is 47.5 Å². The molecule has 0 aliphatic heterocycles. The number of esters is 2. The van der Waals surface area contributed by atoms with E-state index in [-0.39, 0.29) is 32.0 Å². The molecule has 0 saturated heterocycles. The number of allylic oxidation sites excluding steroid dienone is 6. The van der Waals surface area contributed by atoms with Crippen LogP contribution in [0.2, 0.25) is 0 Å².